The Balaban J connectivity index is 2.76. The Morgan fingerprint density at radius 1 is 1.45 bits per heavy atom. The fourth-order valence-corrected chi connectivity index (χ4v) is 2.03. The first-order chi connectivity index (χ1) is 9.45. The van der Waals surface area contributed by atoms with Gasteiger partial charge in [-0.25, -0.2) is 4.79 Å². The fourth-order valence-electron chi connectivity index (χ4n) is 1.86. The molecule has 0 radical (unpaired) electrons. The minimum atomic E-state index is -0.124. The zero-order valence-electron chi connectivity index (χ0n) is 12.6. The van der Waals surface area contributed by atoms with E-state index in [1.165, 1.54) is 0 Å². The lowest BCUT2D eigenvalue weighted by Crippen LogP contribution is -2.39. The van der Waals surface area contributed by atoms with Crippen molar-refractivity contribution >= 4 is 23.3 Å². The van der Waals surface area contributed by atoms with Crippen molar-refractivity contribution < 1.29 is 9.53 Å². The van der Waals surface area contributed by atoms with Crippen LogP contribution in [-0.4, -0.2) is 37.7 Å². The lowest BCUT2D eigenvalue weighted by atomic mass is 10.2. The molecule has 0 aromatic heterocycles. The van der Waals surface area contributed by atoms with Gasteiger partial charge in [-0.05, 0) is 30.5 Å². The van der Waals surface area contributed by atoms with E-state index in [0.717, 1.165) is 11.3 Å². The first kappa shape index (κ1) is 16.8. The van der Waals surface area contributed by atoms with Crippen molar-refractivity contribution in [1.29, 1.82) is 0 Å². The van der Waals surface area contributed by atoms with E-state index in [-0.39, 0.29) is 6.03 Å². The highest BCUT2D eigenvalue weighted by molar-refractivity contribution is 6.31. The van der Waals surface area contributed by atoms with Crippen LogP contribution in [0.4, 0.5) is 10.5 Å². The highest BCUT2D eigenvalue weighted by Gasteiger charge is 2.15. The van der Waals surface area contributed by atoms with Crippen LogP contribution in [0.2, 0.25) is 5.02 Å². The van der Waals surface area contributed by atoms with Gasteiger partial charge in [0.15, 0.2) is 0 Å². The van der Waals surface area contributed by atoms with E-state index in [1.54, 1.807) is 12.0 Å². The van der Waals surface area contributed by atoms with Crippen molar-refractivity contribution in [2.75, 3.05) is 32.1 Å². The van der Waals surface area contributed by atoms with Gasteiger partial charge in [0.25, 0.3) is 0 Å². The van der Waals surface area contributed by atoms with Gasteiger partial charge in [-0.15, -0.1) is 0 Å². The van der Waals surface area contributed by atoms with Crippen molar-refractivity contribution in [3.05, 3.63) is 28.8 Å². The average Bonchev–Trinajstić information content (AvgIpc) is 2.39. The average molecular weight is 299 g/mol. The van der Waals surface area contributed by atoms with Crippen LogP contribution in [0.5, 0.6) is 0 Å². The number of nitrogens with one attached hydrogen (secondary N) is 1. The molecular weight excluding hydrogens is 276 g/mol. The smallest absolute Gasteiger partial charge is 0.321 e. The molecule has 0 heterocycles. The van der Waals surface area contributed by atoms with Crippen LogP contribution in [0.15, 0.2) is 18.2 Å². The Hall–Kier alpha value is -1.26. The molecule has 0 fully saturated rings. The SMILES string of the molecule is COCCN(CC(C)C)C(=O)Nc1cccc(Cl)c1C. The van der Waals surface area contributed by atoms with Crippen LogP contribution in [0.3, 0.4) is 0 Å². The van der Waals surface area contributed by atoms with Crippen LogP contribution in [0.1, 0.15) is 19.4 Å². The molecule has 112 valence electrons. The number of rotatable bonds is 6. The number of urea groups is 1. The number of amides is 2. The topological polar surface area (TPSA) is 41.6 Å². The molecule has 2 amide bonds. The van der Waals surface area contributed by atoms with Crippen molar-refractivity contribution in [3.8, 4) is 0 Å². The second kappa shape index (κ2) is 8.12. The maximum absolute atomic E-state index is 12.3. The zero-order chi connectivity index (χ0) is 15.1. The molecule has 0 bridgehead atoms. The lowest BCUT2D eigenvalue weighted by molar-refractivity contribution is 0.150. The molecule has 0 spiro atoms. The normalized spacial score (nSPS) is 10.7. The number of halogens is 1. The lowest BCUT2D eigenvalue weighted by Gasteiger charge is -2.25. The number of benzene rings is 1. The minimum absolute atomic E-state index is 0.124. The number of carbonyl (C=O) groups excluding carboxylic acids is 1. The second-order valence-electron chi connectivity index (χ2n) is 5.18. The standard InChI is InChI=1S/C15H23ClN2O2/c1-11(2)10-18(8-9-20-4)15(19)17-14-7-5-6-13(16)12(14)3/h5-7,11H,8-10H2,1-4H3,(H,17,19). The second-order valence-corrected chi connectivity index (χ2v) is 5.58. The number of ether oxygens (including phenoxy) is 1. The quantitative estimate of drug-likeness (QED) is 0.868. The third-order valence-corrected chi connectivity index (χ3v) is 3.36. The number of methoxy groups -OCH3 is 1. The van der Waals surface area contributed by atoms with Crippen LogP contribution >= 0.6 is 11.6 Å². The Labute approximate surface area is 126 Å². The van der Waals surface area contributed by atoms with Crippen molar-refractivity contribution in [2.24, 2.45) is 5.92 Å². The summed E-state index contributed by atoms with van der Waals surface area (Å²) in [5, 5.41) is 3.56. The number of hydrogen-bond donors (Lipinski definition) is 1. The van der Waals surface area contributed by atoms with E-state index < -0.39 is 0 Å². The van der Waals surface area contributed by atoms with E-state index in [4.69, 9.17) is 16.3 Å². The van der Waals surface area contributed by atoms with E-state index in [1.807, 2.05) is 25.1 Å². The molecule has 1 rings (SSSR count). The van der Waals surface area contributed by atoms with E-state index in [2.05, 4.69) is 19.2 Å². The molecule has 5 heteroatoms. The number of nitrogens with zero attached hydrogens (tertiary/aromatic N) is 1. The molecule has 0 aliphatic heterocycles. The maximum Gasteiger partial charge on any atom is 0.321 e. The summed E-state index contributed by atoms with van der Waals surface area (Å²) in [5.41, 5.74) is 1.62. The van der Waals surface area contributed by atoms with Crippen molar-refractivity contribution in [3.63, 3.8) is 0 Å². The summed E-state index contributed by atoms with van der Waals surface area (Å²) in [6.45, 7) is 7.83. The van der Waals surface area contributed by atoms with E-state index >= 15 is 0 Å². The van der Waals surface area contributed by atoms with Gasteiger partial charge in [-0.1, -0.05) is 31.5 Å². The van der Waals surface area contributed by atoms with Crippen molar-refractivity contribution in [1.82, 2.24) is 4.90 Å². The molecule has 0 aliphatic rings. The molecule has 20 heavy (non-hydrogen) atoms. The molecule has 0 aliphatic carbocycles. The van der Waals surface area contributed by atoms with E-state index in [0.29, 0.717) is 30.6 Å². The third-order valence-electron chi connectivity index (χ3n) is 2.95. The molecule has 1 aromatic rings. The third kappa shape index (κ3) is 5.02. The van der Waals surface area contributed by atoms with Crippen LogP contribution < -0.4 is 5.32 Å². The van der Waals surface area contributed by atoms with Crippen LogP contribution in [0, 0.1) is 12.8 Å². The molecule has 0 unspecified atom stereocenters. The number of anilines is 1. The first-order valence-electron chi connectivity index (χ1n) is 6.75. The molecule has 4 nitrogen and oxygen atoms in total. The molecule has 0 saturated heterocycles. The first-order valence-corrected chi connectivity index (χ1v) is 7.13. The van der Waals surface area contributed by atoms with Crippen molar-refractivity contribution in [2.45, 2.75) is 20.8 Å². The van der Waals surface area contributed by atoms with Gasteiger partial charge in [-0.2, -0.15) is 0 Å². The Bertz CT molecular complexity index is 449. The van der Waals surface area contributed by atoms with Crippen LogP contribution in [-0.2, 0) is 4.74 Å². The predicted octanol–water partition coefficient (Wildman–Crippen LogP) is 3.78. The molecular formula is C15H23ClN2O2. The zero-order valence-corrected chi connectivity index (χ0v) is 13.3. The Kier molecular flexibility index (Phi) is 6.82. The van der Waals surface area contributed by atoms with Gasteiger partial charge in [0, 0.05) is 30.9 Å². The minimum Gasteiger partial charge on any atom is -0.383 e. The van der Waals surface area contributed by atoms with Gasteiger partial charge < -0.3 is 15.0 Å². The predicted molar refractivity (Wildman–Crippen MR) is 83.5 cm³/mol. The maximum atomic E-state index is 12.3. The van der Waals surface area contributed by atoms with Crippen LogP contribution in [0.25, 0.3) is 0 Å². The van der Waals surface area contributed by atoms with E-state index in [9.17, 15) is 4.79 Å². The number of hydrogen-bond acceptors (Lipinski definition) is 2. The fraction of sp³-hybridized carbons (Fsp3) is 0.533. The summed E-state index contributed by atoms with van der Waals surface area (Å²) in [6.07, 6.45) is 0. The monoisotopic (exact) mass is 298 g/mol. The van der Waals surface area contributed by atoms with Gasteiger partial charge >= 0.3 is 6.03 Å². The Morgan fingerprint density at radius 2 is 2.15 bits per heavy atom. The molecule has 0 atom stereocenters. The molecule has 1 N–H and O–H groups in total. The highest BCUT2D eigenvalue weighted by Crippen LogP contribution is 2.23. The summed E-state index contributed by atoms with van der Waals surface area (Å²) >= 11 is 6.06. The van der Waals surface area contributed by atoms with Gasteiger partial charge in [-0.3, -0.25) is 0 Å². The largest absolute Gasteiger partial charge is 0.383 e. The highest BCUT2D eigenvalue weighted by atomic mass is 35.5. The van der Waals surface area contributed by atoms with Gasteiger partial charge in [0.1, 0.15) is 0 Å². The summed E-state index contributed by atoms with van der Waals surface area (Å²) in [5.74, 6) is 0.401. The Morgan fingerprint density at radius 3 is 2.75 bits per heavy atom. The van der Waals surface area contributed by atoms with Gasteiger partial charge in [0.2, 0.25) is 0 Å². The number of carbonyl (C=O) groups is 1. The van der Waals surface area contributed by atoms with Gasteiger partial charge in [0.05, 0.1) is 6.61 Å². The molecule has 1 aromatic carbocycles. The summed E-state index contributed by atoms with van der Waals surface area (Å²) in [4.78, 5) is 14.1. The molecule has 0 saturated carbocycles. The summed E-state index contributed by atoms with van der Waals surface area (Å²) < 4.78 is 5.05. The summed E-state index contributed by atoms with van der Waals surface area (Å²) in [6, 6.07) is 5.36. The summed E-state index contributed by atoms with van der Waals surface area (Å²) in [7, 11) is 1.63.